The summed E-state index contributed by atoms with van der Waals surface area (Å²) in [5.74, 6) is -0.142. The van der Waals surface area contributed by atoms with Gasteiger partial charge in [-0.3, -0.25) is 19.5 Å². The number of carbonyl (C=O) groups excluding carboxylic acids is 2. The van der Waals surface area contributed by atoms with Crippen LogP contribution in [0, 0.1) is 11.8 Å². The number of piperidine rings is 1. The smallest absolute Gasteiger partial charge is 0.233 e. The van der Waals surface area contributed by atoms with Crippen molar-refractivity contribution in [2.24, 2.45) is 11.8 Å². The Balaban J connectivity index is 1.19. The molecule has 2 saturated carbocycles. The average Bonchev–Trinajstić information content (AvgIpc) is 3.24. The predicted octanol–water partition coefficient (Wildman–Crippen LogP) is 5.16. The minimum atomic E-state index is -0.0660. The van der Waals surface area contributed by atoms with Crippen LogP contribution in [0.5, 0.6) is 0 Å². The van der Waals surface area contributed by atoms with Crippen molar-refractivity contribution in [1.29, 1.82) is 0 Å². The van der Waals surface area contributed by atoms with Crippen LogP contribution in [0.4, 0.5) is 5.69 Å². The van der Waals surface area contributed by atoms with Gasteiger partial charge in [0.25, 0.3) is 0 Å². The highest BCUT2D eigenvalue weighted by molar-refractivity contribution is 7.19. The van der Waals surface area contributed by atoms with Crippen molar-refractivity contribution >= 4 is 50.7 Å². The molecule has 0 bridgehead atoms. The summed E-state index contributed by atoms with van der Waals surface area (Å²) in [6.45, 7) is 2.45. The number of imide groups is 1. The summed E-state index contributed by atoms with van der Waals surface area (Å²) in [6.07, 6.45) is 9.93. The number of benzene rings is 1. The molecule has 5 heterocycles. The van der Waals surface area contributed by atoms with E-state index >= 15 is 0 Å². The van der Waals surface area contributed by atoms with Crippen LogP contribution in [0.3, 0.4) is 0 Å². The molecule has 2 aromatic heterocycles. The third-order valence-corrected chi connectivity index (χ3v) is 10.8. The highest BCUT2D eigenvalue weighted by atomic mass is 35.5. The molecule has 1 aromatic carbocycles. The molecule has 5 aliphatic rings. The minimum absolute atomic E-state index is 0.00500. The fourth-order valence-corrected chi connectivity index (χ4v) is 8.65. The van der Waals surface area contributed by atoms with Crippen molar-refractivity contribution in [2.75, 3.05) is 18.0 Å². The summed E-state index contributed by atoms with van der Waals surface area (Å²) in [7, 11) is 0. The Morgan fingerprint density at radius 3 is 2.70 bits per heavy atom. The van der Waals surface area contributed by atoms with Gasteiger partial charge in [0.15, 0.2) is 0 Å². The number of thiophene rings is 1. The lowest BCUT2D eigenvalue weighted by atomic mass is 9.75. The number of halogens is 1. The normalized spacial score (nSPS) is 27.6. The zero-order valence-corrected chi connectivity index (χ0v) is 22.2. The molecule has 2 aliphatic carbocycles. The van der Waals surface area contributed by atoms with Gasteiger partial charge >= 0.3 is 0 Å². The second-order valence-corrected chi connectivity index (χ2v) is 13.2. The molecular formula is C29H29ClN4O2S. The zero-order chi connectivity index (χ0) is 24.9. The second kappa shape index (κ2) is 8.01. The molecule has 3 atom stereocenters. The molecule has 2 amide bonds. The summed E-state index contributed by atoms with van der Waals surface area (Å²) in [6, 6.07) is 8.92. The Morgan fingerprint density at radius 2 is 1.95 bits per heavy atom. The Bertz CT molecular complexity index is 1460. The SMILES string of the molecule is O=C1C2CC2C(=O)N1Cc1cc2nccc(-c3cc(Cl)cc4c3N(C3CNC5(CCC5)C3)CCC4)c2s1. The maximum atomic E-state index is 12.6. The number of anilines is 1. The molecule has 8 heteroatoms. The van der Waals surface area contributed by atoms with Crippen LogP contribution in [0.1, 0.15) is 49.0 Å². The number of amides is 2. The molecule has 8 rings (SSSR count). The van der Waals surface area contributed by atoms with Gasteiger partial charge in [0.1, 0.15) is 0 Å². The number of aryl methyl sites for hydroxylation is 1. The summed E-state index contributed by atoms with van der Waals surface area (Å²) in [5, 5.41) is 4.63. The van der Waals surface area contributed by atoms with Crippen LogP contribution in [0.15, 0.2) is 30.5 Å². The molecule has 1 spiro atoms. The maximum absolute atomic E-state index is 12.6. The van der Waals surface area contributed by atoms with Crippen molar-refractivity contribution in [3.63, 3.8) is 0 Å². The topological polar surface area (TPSA) is 65.5 Å². The first kappa shape index (κ1) is 22.5. The van der Waals surface area contributed by atoms with Crippen LogP contribution in [-0.2, 0) is 22.6 Å². The third-order valence-electron chi connectivity index (χ3n) is 9.40. The summed E-state index contributed by atoms with van der Waals surface area (Å²) in [4.78, 5) is 34.9. The standard InChI is InChI=1S/C29H29ClN4O2S/c30-17-9-16-3-1-8-33(18-13-29(32-14-18)5-2-6-29)25(16)21(10-17)20-4-7-31-24-11-19(37-26(20)24)15-34-27(35)22-12-23(22)28(34)36/h4,7,9-11,18,22-23,32H,1-3,5-6,8,12-15H2. The first-order valence-electron chi connectivity index (χ1n) is 13.6. The quantitative estimate of drug-likeness (QED) is 0.470. The number of pyridine rings is 1. The number of nitrogens with zero attached hydrogens (tertiary/aromatic N) is 3. The zero-order valence-electron chi connectivity index (χ0n) is 20.6. The van der Waals surface area contributed by atoms with E-state index in [1.54, 1.807) is 11.3 Å². The van der Waals surface area contributed by atoms with E-state index in [0.717, 1.165) is 58.0 Å². The Labute approximate surface area is 225 Å². The number of fused-ring (bicyclic) bond motifs is 3. The van der Waals surface area contributed by atoms with Crippen molar-refractivity contribution in [3.05, 3.63) is 45.9 Å². The summed E-state index contributed by atoms with van der Waals surface area (Å²) >= 11 is 8.36. The van der Waals surface area contributed by atoms with Gasteiger partial charge in [0, 0.05) is 57.6 Å². The van der Waals surface area contributed by atoms with E-state index in [4.69, 9.17) is 11.6 Å². The second-order valence-electron chi connectivity index (χ2n) is 11.6. The van der Waals surface area contributed by atoms with Crippen molar-refractivity contribution in [3.8, 4) is 11.1 Å². The summed E-state index contributed by atoms with van der Waals surface area (Å²) in [5.41, 5.74) is 6.23. The minimum Gasteiger partial charge on any atom is -0.366 e. The van der Waals surface area contributed by atoms with Gasteiger partial charge in [0.05, 0.1) is 28.6 Å². The van der Waals surface area contributed by atoms with E-state index in [1.165, 1.54) is 47.4 Å². The highest BCUT2D eigenvalue weighted by Gasteiger charge is 2.58. The molecule has 37 heavy (non-hydrogen) atoms. The van der Waals surface area contributed by atoms with Crippen LogP contribution in [0.2, 0.25) is 5.02 Å². The molecule has 3 aromatic rings. The van der Waals surface area contributed by atoms with Crippen molar-refractivity contribution in [2.45, 2.75) is 63.1 Å². The molecule has 6 nitrogen and oxygen atoms in total. The van der Waals surface area contributed by atoms with Gasteiger partial charge in [-0.1, -0.05) is 11.6 Å². The molecule has 1 N–H and O–H groups in total. The molecule has 2 saturated heterocycles. The number of carbonyl (C=O) groups is 2. The van der Waals surface area contributed by atoms with Crippen LogP contribution < -0.4 is 10.2 Å². The lowest BCUT2D eigenvalue weighted by molar-refractivity contribution is -0.141. The molecule has 3 aliphatic heterocycles. The van der Waals surface area contributed by atoms with Gasteiger partial charge in [-0.15, -0.1) is 11.3 Å². The van der Waals surface area contributed by atoms with E-state index in [0.29, 0.717) is 18.1 Å². The van der Waals surface area contributed by atoms with E-state index in [2.05, 4.69) is 33.4 Å². The van der Waals surface area contributed by atoms with Crippen molar-refractivity contribution < 1.29 is 9.59 Å². The van der Waals surface area contributed by atoms with E-state index < -0.39 is 0 Å². The molecular weight excluding hydrogens is 504 g/mol. The highest BCUT2D eigenvalue weighted by Crippen LogP contribution is 2.49. The lowest BCUT2D eigenvalue weighted by Crippen LogP contribution is -2.46. The first-order chi connectivity index (χ1) is 18.0. The van der Waals surface area contributed by atoms with Gasteiger partial charge in [-0.2, -0.15) is 0 Å². The number of aromatic nitrogens is 1. The van der Waals surface area contributed by atoms with Gasteiger partial charge in [0.2, 0.25) is 11.8 Å². The van der Waals surface area contributed by atoms with E-state index in [-0.39, 0.29) is 23.7 Å². The number of hydrogen-bond acceptors (Lipinski definition) is 6. The molecule has 4 fully saturated rings. The largest absolute Gasteiger partial charge is 0.366 e. The number of likely N-dealkylation sites (tertiary alicyclic amines) is 1. The van der Waals surface area contributed by atoms with Gasteiger partial charge in [-0.05, 0) is 74.8 Å². The molecule has 3 unspecified atom stereocenters. The fraction of sp³-hybridized carbons (Fsp3) is 0.483. The van der Waals surface area contributed by atoms with Crippen LogP contribution in [-0.4, -0.2) is 46.4 Å². The van der Waals surface area contributed by atoms with E-state index in [1.807, 2.05) is 12.3 Å². The van der Waals surface area contributed by atoms with Crippen molar-refractivity contribution in [1.82, 2.24) is 15.2 Å². The maximum Gasteiger partial charge on any atom is 0.233 e. The first-order valence-corrected chi connectivity index (χ1v) is 14.8. The average molecular weight is 533 g/mol. The van der Waals surface area contributed by atoms with Gasteiger partial charge in [-0.25, -0.2) is 0 Å². The monoisotopic (exact) mass is 532 g/mol. The molecule has 0 radical (unpaired) electrons. The van der Waals surface area contributed by atoms with E-state index in [9.17, 15) is 9.59 Å². The predicted molar refractivity (Wildman–Crippen MR) is 146 cm³/mol. The molecule has 190 valence electrons. The van der Waals surface area contributed by atoms with Crippen LogP contribution >= 0.6 is 22.9 Å². The Morgan fingerprint density at radius 1 is 1.11 bits per heavy atom. The Hall–Kier alpha value is -2.48. The fourth-order valence-electron chi connectivity index (χ4n) is 7.28. The lowest BCUT2D eigenvalue weighted by Gasteiger charge is -2.41. The number of rotatable bonds is 4. The van der Waals surface area contributed by atoms with Gasteiger partial charge < -0.3 is 10.2 Å². The summed E-state index contributed by atoms with van der Waals surface area (Å²) < 4.78 is 1.09. The van der Waals surface area contributed by atoms with Crippen LogP contribution in [0.25, 0.3) is 21.3 Å². The number of nitrogens with one attached hydrogen (secondary N) is 1. The number of hydrogen-bond donors (Lipinski definition) is 1. The third kappa shape index (κ3) is 3.43. The Kier molecular flexibility index (Phi) is 4.87.